The van der Waals surface area contributed by atoms with Crippen LogP contribution in [0.3, 0.4) is 0 Å². The molecule has 1 aliphatic carbocycles. The van der Waals surface area contributed by atoms with E-state index in [1.165, 1.54) is 5.56 Å². The number of esters is 1. The second-order valence-electron chi connectivity index (χ2n) is 9.76. The summed E-state index contributed by atoms with van der Waals surface area (Å²) in [7, 11) is 0. The van der Waals surface area contributed by atoms with Crippen LogP contribution in [0.1, 0.15) is 70.4 Å². The van der Waals surface area contributed by atoms with Crippen LogP contribution in [0.25, 0.3) is 0 Å². The van der Waals surface area contributed by atoms with Crippen LogP contribution in [0, 0.1) is 0 Å². The fraction of sp³-hybridized carbons (Fsp3) is 0.500. The predicted octanol–water partition coefficient (Wildman–Crippen LogP) is 6.09. The van der Waals surface area contributed by atoms with E-state index in [-0.39, 0.29) is 24.7 Å². The van der Waals surface area contributed by atoms with Gasteiger partial charge in [0, 0.05) is 12.6 Å². The Morgan fingerprint density at radius 3 is 2.18 bits per heavy atom. The summed E-state index contributed by atoms with van der Waals surface area (Å²) >= 11 is 0. The van der Waals surface area contributed by atoms with Crippen molar-refractivity contribution in [1.82, 2.24) is 4.90 Å². The summed E-state index contributed by atoms with van der Waals surface area (Å²) in [5, 5.41) is 0. The minimum atomic E-state index is -0.527. The van der Waals surface area contributed by atoms with Gasteiger partial charge in [0.1, 0.15) is 11.4 Å². The van der Waals surface area contributed by atoms with Crippen LogP contribution >= 0.6 is 0 Å². The highest BCUT2D eigenvalue weighted by molar-refractivity contribution is 5.71. The molecule has 0 unspecified atom stereocenters. The minimum Gasteiger partial charge on any atom is -0.482 e. The largest absolute Gasteiger partial charge is 0.482 e. The van der Waals surface area contributed by atoms with Gasteiger partial charge in [-0.05, 0) is 82.6 Å². The van der Waals surface area contributed by atoms with Crippen molar-refractivity contribution in [1.29, 1.82) is 0 Å². The number of amides is 1. The van der Waals surface area contributed by atoms with Gasteiger partial charge in [0.25, 0.3) is 0 Å². The first-order chi connectivity index (χ1) is 16.2. The molecule has 3 rings (SSSR count). The molecule has 0 saturated heterocycles. The Hall–Kier alpha value is -3.02. The second kappa shape index (κ2) is 11.9. The molecule has 0 N–H and O–H groups in total. The predicted molar refractivity (Wildman–Crippen MR) is 132 cm³/mol. The Kier molecular flexibility index (Phi) is 8.97. The van der Waals surface area contributed by atoms with Gasteiger partial charge < -0.3 is 19.1 Å². The maximum atomic E-state index is 13.1. The Bertz CT molecular complexity index is 912. The third-order valence-electron chi connectivity index (χ3n) is 5.97. The van der Waals surface area contributed by atoms with Gasteiger partial charge in [0.05, 0.1) is 6.61 Å². The fourth-order valence-electron chi connectivity index (χ4n) is 4.35. The molecule has 1 aliphatic rings. The van der Waals surface area contributed by atoms with Gasteiger partial charge in [-0.2, -0.15) is 0 Å². The van der Waals surface area contributed by atoms with Crippen molar-refractivity contribution in [2.75, 3.05) is 13.2 Å². The number of ether oxygens (including phenoxy) is 3. The Morgan fingerprint density at radius 2 is 1.59 bits per heavy atom. The minimum absolute atomic E-state index is 0.0831. The molecule has 34 heavy (non-hydrogen) atoms. The number of hydrogen-bond donors (Lipinski definition) is 0. The first-order valence-corrected chi connectivity index (χ1v) is 12.2. The molecule has 0 heterocycles. The molecule has 1 saturated carbocycles. The standard InChI is InChI=1S/C28H37NO5/c1-5-32-26(30)20-33-25-17-13-23(14-18-25)22-11-15-24(16-12-22)29(27(31)34-28(2,3)4)19-21-9-7-6-8-10-21/h6-10,13-14,17-18,22,24H,5,11-12,15-16,19-20H2,1-4H3. The lowest BCUT2D eigenvalue weighted by Gasteiger charge is -2.38. The number of carbonyl (C=O) groups excluding carboxylic acids is 2. The number of hydrogen-bond acceptors (Lipinski definition) is 5. The third-order valence-corrected chi connectivity index (χ3v) is 5.97. The number of nitrogens with zero attached hydrogens (tertiary/aromatic N) is 1. The van der Waals surface area contributed by atoms with Gasteiger partial charge in [0.2, 0.25) is 0 Å². The first-order valence-electron chi connectivity index (χ1n) is 12.2. The number of carbonyl (C=O) groups is 2. The Balaban J connectivity index is 1.60. The average Bonchev–Trinajstić information content (AvgIpc) is 2.81. The van der Waals surface area contributed by atoms with Crippen molar-refractivity contribution in [2.45, 2.75) is 77.5 Å². The van der Waals surface area contributed by atoms with Crippen molar-refractivity contribution < 1.29 is 23.8 Å². The summed E-state index contributed by atoms with van der Waals surface area (Å²) in [5.74, 6) is 0.729. The van der Waals surface area contributed by atoms with Crippen molar-refractivity contribution in [2.24, 2.45) is 0 Å². The molecule has 0 spiro atoms. The quantitative estimate of drug-likeness (QED) is 0.440. The summed E-state index contributed by atoms with van der Waals surface area (Å²) in [6.07, 6.45) is 3.61. The van der Waals surface area contributed by atoms with Gasteiger partial charge in [0.15, 0.2) is 6.61 Å². The molecule has 184 valence electrons. The molecule has 0 aromatic heterocycles. The number of rotatable bonds is 8. The van der Waals surface area contributed by atoms with E-state index >= 15 is 0 Å². The molecular weight excluding hydrogens is 430 g/mol. The molecular formula is C28H37NO5. The summed E-state index contributed by atoms with van der Waals surface area (Å²) in [5.41, 5.74) is 1.84. The Morgan fingerprint density at radius 1 is 0.941 bits per heavy atom. The molecule has 0 aliphatic heterocycles. The normalized spacial score (nSPS) is 18.1. The lowest BCUT2D eigenvalue weighted by atomic mass is 9.81. The third kappa shape index (κ3) is 7.79. The van der Waals surface area contributed by atoms with Crippen LogP contribution < -0.4 is 4.74 Å². The zero-order valence-corrected chi connectivity index (χ0v) is 20.8. The molecule has 0 atom stereocenters. The maximum Gasteiger partial charge on any atom is 0.410 e. The van der Waals surface area contributed by atoms with Crippen LogP contribution in [0.15, 0.2) is 54.6 Å². The highest BCUT2D eigenvalue weighted by atomic mass is 16.6. The average molecular weight is 468 g/mol. The van der Waals surface area contributed by atoms with Crippen LogP contribution in [0.4, 0.5) is 4.79 Å². The lowest BCUT2D eigenvalue weighted by molar-refractivity contribution is -0.145. The smallest absolute Gasteiger partial charge is 0.410 e. The van der Waals surface area contributed by atoms with E-state index < -0.39 is 5.60 Å². The summed E-state index contributed by atoms with van der Waals surface area (Å²) in [4.78, 5) is 26.4. The molecule has 0 radical (unpaired) electrons. The second-order valence-corrected chi connectivity index (χ2v) is 9.76. The van der Waals surface area contributed by atoms with E-state index in [0.29, 0.717) is 24.8 Å². The topological polar surface area (TPSA) is 65.1 Å². The highest BCUT2D eigenvalue weighted by Gasteiger charge is 2.32. The van der Waals surface area contributed by atoms with Gasteiger partial charge in [-0.3, -0.25) is 0 Å². The molecule has 1 fully saturated rings. The van der Waals surface area contributed by atoms with E-state index in [1.807, 2.05) is 56.0 Å². The van der Waals surface area contributed by atoms with Crippen LogP contribution in [0.5, 0.6) is 5.75 Å². The monoisotopic (exact) mass is 467 g/mol. The maximum absolute atomic E-state index is 13.1. The summed E-state index contributed by atoms with van der Waals surface area (Å²) < 4.78 is 16.1. The van der Waals surface area contributed by atoms with Gasteiger partial charge >= 0.3 is 12.1 Å². The van der Waals surface area contributed by atoms with E-state index in [0.717, 1.165) is 31.2 Å². The van der Waals surface area contributed by atoms with Crippen LogP contribution in [-0.4, -0.2) is 41.8 Å². The molecule has 6 nitrogen and oxygen atoms in total. The SMILES string of the molecule is CCOC(=O)COc1ccc(C2CCC(N(Cc3ccccc3)C(=O)OC(C)(C)C)CC2)cc1. The van der Waals surface area contributed by atoms with E-state index in [1.54, 1.807) is 6.92 Å². The van der Waals surface area contributed by atoms with Gasteiger partial charge in [-0.25, -0.2) is 9.59 Å². The van der Waals surface area contributed by atoms with Gasteiger partial charge in [-0.1, -0.05) is 42.5 Å². The Labute approximate surface area is 203 Å². The molecule has 2 aromatic rings. The zero-order valence-electron chi connectivity index (χ0n) is 20.8. The summed E-state index contributed by atoms with van der Waals surface area (Å²) in [6.45, 7) is 8.31. The number of benzene rings is 2. The first kappa shape index (κ1) is 25.6. The van der Waals surface area contributed by atoms with Gasteiger partial charge in [-0.15, -0.1) is 0 Å². The highest BCUT2D eigenvalue weighted by Crippen LogP contribution is 2.36. The van der Waals surface area contributed by atoms with Crippen molar-refractivity contribution in [3.63, 3.8) is 0 Å². The van der Waals surface area contributed by atoms with Crippen molar-refractivity contribution >= 4 is 12.1 Å². The van der Waals surface area contributed by atoms with Crippen molar-refractivity contribution in [3.8, 4) is 5.75 Å². The zero-order chi connectivity index (χ0) is 24.6. The molecule has 1 amide bonds. The fourth-order valence-corrected chi connectivity index (χ4v) is 4.35. The van der Waals surface area contributed by atoms with E-state index in [9.17, 15) is 9.59 Å². The molecule has 6 heteroatoms. The lowest BCUT2D eigenvalue weighted by Crippen LogP contribution is -2.44. The van der Waals surface area contributed by atoms with Crippen molar-refractivity contribution in [3.05, 3.63) is 65.7 Å². The molecule has 0 bridgehead atoms. The van der Waals surface area contributed by atoms with Crippen LogP contribution in [-0.2, 0) is 20.8 Å². The van der Waals surface area contributed by atoms with Crippen LogP contribution in [0.2, 0.25) is 0 Å². The molecule has 2 aromatic carbocycles. The summed E-state index contributed by atoms with van der Waals surface area (Å²) in [6, 6.07) is 18.2. The van der Waals surface area contributed by atoms with E-state index in [4.69, 9.17) is 14.2 Å². The van der Waals surface area contributed by atoms with E-state index in [2.05, 4.69) is 24.3 Å².